The Morgan fingerprint density at radius 3 is 2.48 bits per heavy atom. The Kier molecular flexibility index (Phi) is 8.58. The van der Waals surface area contributed by atoms with Gasteiger partial charge in [0.05, 0.1) is 29.5 Å². The van der Waals surface area contributed by atoms with Crippen molar-refractivity contribution in [1.82, 2.24) is 14.9 Å². The Balaban J connectivity index is 0.000000410. The van der Waals surface area contributed by atoms with Crippen LogP contribution in [0.5, 0.6) is 6.01 Å². The molecule has 2 fully saturated rings. The van der Waals surface area contributed by atoms with Crippen LogP contribution >= 0.6 is 11.3 Å². The fraction of sp³-hybridized carbons (Fsp3) is 0.433. The van der Waals surface area contributed by atoms with Gasteiger partial charge < -0.3 is 25.4 Å². The highest BCUT2D eigenvalue weighted by Gasteiger charge is 2.46. The molecule has 1 saturated carbocycles. The van der Waals surface area contributed by atoms with Gasteiger partial charge in [0.1, 0.15) is 28.2 Å². The van der Waals surface area contributed by atoms with E-state index >= 15 is 4.39 Å². The van der Waals surface area contributed by atoms with Crippen molar-refractivity contribution in [3.8, 4) is 23.2 Å². The standard InChI is InChI=1S/C23H18F5N5O2S.C7H13N/c1-3-33(6-7-34)21-11-8-13(23(26,27)28)16(17(25)18(11)31-22(32-21)35-2)10-4-5-14(24)19-15(10)12(9-29)20(30)36-19;1-8-5-4-7(6-8)2-3-7/h4-5,8,34H,3,6-7,30H2,1-2H3;2-6H2,1H3. The molecule has 2 aliphatic rings. The molecule has 0 amide bonds. The van der Waals surface area contributed by atoms with Crippen LogP contribution in [0.2, 0.25) is 0 Å². The predicted octanol–water partition coefficient (Wildman–Crippen LogP) is 6.19. The van der Waals surface area contributed by atoms with Gasteiger partial charge >= 0.3 is 12.2 Å². The quantitative estimate of drug-likeness (QED) is 0.242. The van der Waals surface area contributed by atoms with Crippen LogP contribution in [-0.2, 0) is 6.18 Å². The van der Waals surface area contributed by atoms with E-state index in [0.29, 0.717) is 17.4 Å². The van der Waals surface area contributed by atoms with Crippen molar-refractivity contribution >= 4 is 43.1 Å². The number of aliphatic hydroxyl groups excluding tert-OH is 1. The lowest BCUT2D eigenvalue weighted by Gasteiger charge is -2.24. The number of aromatic nitrogens is 2. The average Bonchev–Trinajstić information content (AvgIpc) is 3.51. The number of likely N-dealkylation sites (tertiary alicyclic amines) is 1. The number of ether oxygens (including phenoxy) is 1. The third-order valence-electron chi connectivity index (χ3n) is 8.22. The first-order valence-corrected chi connectivity index (χ1v) is 14.8. The molecule has 3 heterocycles. The number of halogens is 5. The maximum Gasteiger partial charge on any atom is 0.417 e. The summed E-state index contributed by atoms with van der Waals surface area (Å²) in [5.41, 5.74) is 3.29. The zero-order valence-electron chi connectivity index (χ0n) is 24.4. The molecule has 44 heavy (non-hydrogen) atoms. The molecule has 234 valence electrons. The Morgan fingerprint density at radius 1 is 1.23 bits per heavy atom. The lowest BCUT2D eigenvalue weighted by atomic mass is 9.92. The maximum atomic E-state index is 16.1. The van der Waals surface area contributed by atoms with Crippen LogP contribution < -0.4 is 15.4 Å². The number of nitrogen functional groups attached to an aromatic ring is 1. The molecule has 1 aliphatic carbocycles. The minimum Gasteiger partial charge on any atom is -0.467 e. The van der Waals surface area contributed by atoms with E-state index in [0.717, 1.165) is 17.5 Å². The van der Waals surface area contributed by atoms with Crippen LogP contribution in [0.4, 0.5) is 32.8 Å². The topological polar surface area (TPSA) is 112 Å². The van der Waals surface area contributed by atoms with Crippen molar-refractivity contribution in [2.24, 2.45) is 5.41 Å². The summed E-state index contributed by atoms with van der Waals surface area (Å²) in [4.78, 5) is 12.0. The first-order chi connectivity index (χ1) is 20.9. The minimum atomic E-state index is -5.05. The number of thiophene rings is 1. The number of nitriles is 1. The second-order valence-corrected chi connectivity index (χ2v) is 12.1. The molecule has 2 aromatic carbocycles. The Morgan fingerprint density at radius 2 is 1.95 bits per heavy atom. The molecule has 0 unspecified atom stereocenters. The van der Waals surface area contributed by atoms with E-state index in [-0.39, 0.29) is 63.1 Å². The van der Waals surface area contributed by atoms with Crippen molar-refractivity contribution in [2.75, 3.05) is 57.6 Å². The molecule has 0 bridgehead atoms. The van der Waals surface area contributed by atoms with Gasteiger partial charge in [-0.05, 0) is 62.9 Å². The van der Waals surface area contributed by atoms with Crippen molar-refractivity contribution in [3.05, 3.63) is 41.0 Å². The van der Waals surface area contributed by atoms with Gasteiger partial charge in [-0.2, -0.15) is 28.4 Å². The van der Waals surface area contributed by atoms with Crippen LogP contribution in [0, 0.1) is 28.4 Å². The highest BCUT2D eigenvalue weighted by atomic mass is 32.1. The molecule has 0 radical (unpaired) electrons. The summed E-state index contributed by atoms with van der Waals surface area (Å²) in [7, 11) is 3.44. The Bertz CT molecular complexity index is 1770. The zero-order valence-corrected chi connectivity index (χ0v) is 25.2. The third kappa shape index (κ3) is 5.71. The monoisotopic (exact) mass is 634 g/mol. The molecule has 3 N–H and O–H groups in total. The van der Waals surface area contributed by atoms with Crippen LogP contribution in [0.1, 0.15) is 37.3 Å². The first-order valence-electron chi connectivity index (χ1n) is 14.0. The molecule has 14 heteroatoms. The number of fused-ring (bicyclic) bond motifs is 2. The van der Waals surface area contributed by atoms with E-state index in [4.69, 9.17) is 10.5 Å². The summed E-state index contributed by atoms with van der Waals surface area (Å²) in [6.07, 6.45) is -0.553. The molecule has 1 spiro atoms. The van der Waals surface area contributed by atoms with Gasteiger partial charge in [-0.25, -0.2) is 8.78 Å². The van der Waals surface area contributed by atoms with Crippen LogP contribution in [0.3, 0.4) is 0 Å². The van der Waals surface area contributed by atoms with Crippen LogP contribution in [-0.4, -0.2) is 66.9 Å². The van der Waals surface area contributed by atoms with Gasteiger partial charge in [0.15, 0.2) is 5.82 Å². The number of hydrogen-bond acceptors (Lipinski definition) is 9. The van der Waals surface area contributed by atoms with E-state index in [1.165, 1.54) is 44.4 Å². The SMILES string of the molecule is CCN(CCO)c1nc(OC)nc2c(F)c(-c3ccc(F)c4sc(N)c(C#N)c34)c(C(F)(F)F)cc12.CN1CCC2(CC2)C1. The van der Waals surface area contributed by atoms with Gasteiger partial charge in [0.25, 0.3) is 0 Å². The van der Waals surface area contributed by atoms with Crippen molar-refractivity contribution in [2.45, 2.75) is 32.4 Å². The smallest absolute Gasteiger partial charge is 0.417 e. The van der Waals surface area contributed by atoms with Gasteiger partial charge in [-0.3, -0.25) is 0 Å². The summed E-state index contributed by atoms with van der Waals surface area (Å²) >= 11 is 0.683. The number of hydrogen-bond donors (Lipinski definition) is 2. The molecular weight excluding hydrogens is 603 g/mol. The van der Waals surface area contributed by atoms with E-state index in [1.54, 1.807) is 13.0 Å². The summed E-state index contributed by atoms with van der Waals surface area (Å²) in [6, 6.07) is 4.05. The second-order valence-electron chi connectivity index (χ2n) is 11.1. The summed E-state index contributed by atoms with van der Waals surface area (Å²) in [5.74, 6) is -2.23. The lowest BCUT2D eigenvalue weighted by molar-refractivity contribution is -0.137. The minimum absolute atomic E-state index is 0.00871. The highest BCUT2D eigenvalue weighted by molar-refractivity contribution is 7.23. The van der Waals surface area contributed by atoms with Crippen molar-refractivity contribution in [1.29, 1.82) is 5.26 Å². The third-order valence-corrected chi connectivity index (χ3v) is 9.24. The zero-order chi connectivity index (χ0) is 32.0. The number of nitrogens with two attached hydrogens (primary N) is 1. The molecular formula is C30H31F5N6O2S. The fourth-order valence-corrected chi connectivity index (χ4v) is 6.75. The molecule has 0 atom stereocenters. The van der Waals surface area contributed by atoms with E-state index in [2.05, 4.69) is 21.9 Å². The average molecular weight is 635 g/mol. The van der Waals surface area contributed by atoms with Crippen LogP contribution in [0.25, 0.3) is 32.1 Å². The Labute approximate surface area is 254 Å². The number of anilines is 2. The molecule has 1 saturated heterocycles. The van der Waals surface area contributed by atoms with Crippen molar-refractivity contribution in [3.63, 3.8) is 0 Å². The van der Waals surface area contributed by atoms with Gasteiger partial charge in [-0.15, -0.1) is 11.3 Å². The van der Waals surface area contributed by atoms with Gasteiger partial charge in [0, 0.05) is 36.0 Å². The largest absolute Gasteiger partial charge is 0.467 e. The lowest BCUT2D eigenvalue weighted by Crippen LogP contribution is -2.27. The van der Waals surface area contributed by atoms with Crippen LogP contribution in [0.15, 0.2) is 18.2 Å². The normalized spacial score (nSPS) is 15.8. The number of aliphatic hydroxyl groups is 1. The summed E-state index contributed by atoms with van der Waals surface area (Å²) in [6.45, 7) is 4.32. The van der Waals surface area contributed by atoms with Crippen molar-refractivity contribution < 1.29 is 31.8 Å². The molecule has 1 aliphatic heterocycles. The molecule has 2 aromatic heterocycles. The predicted molar refractivity (Wildman–Crippen MR) is 160 cm³/mol. The molecule has 8 nitrogen and oxygen atoms in total. The first kappa shape index (κ1) is 31.6. The number of alkyl halides is 3. The summed E-state index contributed by atoms with van der Waals surface area (Å²) in [5, 5.41) is 18.4. The van der Waals surface area contributed by atoms with Gasteiger partial charge in [-0.1, -0.05) is 6.07 Å². The molecule has 4 aromatic rings. The number of likely N-dealkylation sites (N-methyl/N-ethyl adjacent to an activating group) is 1. The van der Waals surface area contributed by atoms with E-state index in [1.807, 2.05) is 0 Å². The Hall–Kier alpha value is -3.80. The van der Waals surface area contributed by atoms with E-state index < -0.39 is 34.5 Å². The second kappa shape index (κ2) is 11.9. The van der Waals surface area contributed by atoms with Gasteiger partial charge in [0.2, 0.25) is 0 Å². The highest BCUT2D eigenvalue weighted by Crippen LogP contribution is 2.52. The summed E-state index contributed by atoms with van der Waals surface area (Å²) < 4.78 is 78.7. The number of methoxy groups -OCH3 is 1. The number of rotatable bonds is 6. The number of benzene rings is 2. The van der Waals surface area contributed by atoms with E-state index in [9.17, 15) is 27.9 Å². The number of nitrogens with zero attached hydrogens (tertiary/aromatic N) is 5. The maximum absolute atomic E-state index is 16.1. The molecule has 6 rings (SSSR count). The fourth-order valence-electron chi connectivity index (χ4n) is 5.80.